The number of aliphatic hydroxyl groups excluding tert-OH is 1. The van der Waals surface area contributed by atoms with Gasteiger partial charge in [-0.2, -0.15) is 0 Å². The third-order valence-electron chi connectivity index (χ3n) is 8.16. The van der Waals surface area contributed by atoms with E-state index in [2.05, 4.69) is 88.0 Å². The third-order valence-corrected chi connectivity index (χ3v) is 8.16. The van der Waals surface area contributed by atoms with E-state index in [-0.39, 0.29) is 0 Å². The van der Waals surface area contributed by atoms with Crippen LogP contribution in [0.1, 0.15) is 123 Å². The number of hydrogen-bond acceptors (Lipinski definition) is 2. The first-order valence-corrected chi connectivity index (χ1v) is 12.9. The van der Waals surface area contributed by atoms with Gasteiger partial charge in [0.2, 0.25) is 0 Å². The van der Waals surface area contributed by atoms with Crippen molar-refractivity contribution in [2.24, 2.45) is 34.0 Å². The van der Waals surface area contributed by atoms with Crippen LogP contribution >= 0.6 is 0 Å². The minimum atomic E-state index is 0.317. The van der Waals surface area contributed by atoms with Gasteiger partial charge in [0.15, 0.2) is 0 Å². The van der Waals surface area contributed by atoms with Gasteiger partial charge in [-0.05, 0) is 86.6 Å². The average Bonchev–Trinajstić information content (AvgIpc) is 2.63. The van der Waals surface area contributed by atoms with Crippen molar-refractivity contribution in [3.63, 3.8) is 0 Å². The number of nitrogens with zero attached hydrogens (tertiary/aromatic N) is 1. The van der Waals surface area contributed by atoms with Gasteiger partial charge in [0.05, 0.1) is 0 Å². The number of likely N-dealkylation sites (tertiary alicyclic amines) is 1. The number of hydrogen-bond donors (Lipinski definition) is 1. The summed E-state index contributed by atoms with van der Waals surface area (Å²) in [7, 11) is 0. The molecule has 2 nitrogen and oxygen atoms in total. The first-order chi connectivity index (χ1) is 13.6. The third kappa shape index (κ3) is 11.5. The predicted molar refractivity (Wildman–Crippen MR) is 138 cm³/mol. The molecule has 0 saturated carbocycles. The Bertz CT molecular complexity index is 394. The number of piperidine rings is 1. The van der Waals surface area contributed by atoms with E-state index in [1.165, 1.54) is 32.4 Å². The summed E-state index contributed by atoms with van der Waals surface area (Å²) in [5.74, 6) is 2.33. The molecule has 0 bridgehead atoms. The highest BCUT2D eigenvalue weighted by Crippen LogP contribution is 2.42. The molecule has 0 unspecified atom stereocenters. The van der Waals surface area contributed by atoms with Crippen LogP contribution < -0.4 is 0 Å². The molecular weight excluding hydrogens is 366 g/mol. The molecule has 1 heterocycles. The maximum atomic E-state index is 9.06. The number of aliphatic hydroxyl groups is 1. The van der Waals surface area contributed by atoms with Gasteiger partial charge in [-0.25, -0.2) is 0 Å². The summed E-state index contributed by atoms with van der Waals surface area (Å²) in [5, 5.41) is 9.06. The van der Waals surface area contributed by atoms with Gasteiger partial charge in [-0.1, -0.05) is 83.1 Å². The second kappa shape index (κ2) is 14.1. The summed E-state index contributed by atoms with van der Waals surface area (Å²) in [5.41, 5.74) is 1.25. The Balaban J connectivity index is 0. The largest absolute Gasteiger partial charge is 0.396 e. The average molecular weight is 428 g/mol. The van der Waals surface area contributed by atoms with E-state index in [1.807, 2.05) is 13.8 Å². The maximum Gasteiger partial charge on any atom is 0.0436 e. The molecule has 0 spiro atoms. The molecule has 0 aromatic heterocycles. The molecule has 0 aromatic rings. The van der Waals surface area contributed by atoms with Crippen LogP contribution in [0.5, 0.6) is 0 Å². The summed E-state index contributed by atoms with van der Waals surface area (Å²) in [6.07, 6.45) is 4.85. The highest BCUT2D eigenvalue weighted by atomic mass is 16.3. The maximum absolute atomic E-state index is 9.06. The molecule has 0 aliphatic carbocycles. The van der Waals surface area contributed by atoms with E-state index in [1.54, 1.807) is 0 Å². The Labute approximate surface area is 192 Å². The lowest BCUT2D eigenvalue weighted by molar-refractivity contribution is 0.0655. The highest BCUT2D eigenvalue weighted by molar-refractivity contribution is 4.84. The molecule has 1 rings (SSSR count). The molecule has 0 atom stereocenters. The fourth-order valence-electron chi connectivity index (χ4n) is 4.27. The summed E-state index contributed by atoms with van der Waals surface area (Å²) >= 11 is 0. The van der Waals surface area contributed by atoms with Crippen LogP contribution in [0.4, 0.5) is 0 Å². The van der Waals surface area contributed by atoms with Gasteiger partial charge in [0, 0.05) is 12.6 Å². The Morgan fingerprint density at radius 2 is 1.13 bits per heavy atom. The molecule has 0 radical (unpaired) electrons. The number of rotatable bonds is 8. The van der Waals surface area contributed by atoms with Gasteiger partial charge in [-0.15, -0.1) is 0 Å². The molecule has 1 aliphatic heterocycles. The molecule has 0 aromatic carbocycles. The summed E-state index contributed by atoms with van der Waals surface area (Å²) < 4.78 is 0. The van der Waals surface area contributed by atoms with Crippen molar-refractivity contribution >= 4 is 0 Å². The minimum Gasteiger partial charge on any atom is -0.396 e. The molecule has 1 N–H and O–H groups in total. The zero-order valence-electron chi connectivity index (χ0n) is 23.7. The minimum absolute atomic E-state index is 0.317. The lowest BCUT2D eigenvalue weighted by atomic mass is 9.65. The van der Waals surface area contributed by atoms with Gasteiger partial charge in [0.1, 0.15) is 0 Å². The van der Waals surface area contributed by atoms with Crippen molar-refractivity contribution in [1.82, 2.24) is 4.90 Å². The topological polar surface area (TPSA) is 23.5 Å². The van der Waals surface area contributed by atoms with E-state index in [0.717, 1.165) is 24.2 Å². The van der Waals surface area contributed by atoms with Gasteiger partial charge in [0.25, 0.3) is 0 Å². The molecule has 2 heteroatoms. The van der Waals surface area contributed by atoms with E-state index >= 15 is 0 Å². The van der Waals surface area contributed by atoms with Crippen molar-refractivity contribution in [1.29, 1.82) is 0 Å². The van der Waals surface area contributed by atoms with Crippen LogP contribution in [0.3, 0.4) is 0 Å². The van der Waals surface area contributed by atoms with E-state index in [4.69, 9.17) is 5.11 Å². The lowest BCUT2D eigenvalue weighted by Crippen LogP contribution is -2.42. The Hall–Kier alpha value is -0.0800. The summed E-state index contributed by atoms with van der Waals surface area (Å²) in [6, 6.07) is 0.687. The van der Waals surface area contributed by atoms with Crippen LogP contribution in [0, 0.1) is 34.0 Å². The van der Waals surface area contributed by atoms with Crippen molar-refractivity contribution in [3.05, 3.63) is 0 Å². The summed E-state index contributed by atoms with van der Waals surface area (Å²) in [6.45, 7) is 34.8. The van der Waals surface area contributed by atoms with E-state index in [0.29, 0.717) is 28.9 Å². The molecule has 184 valence electrons. The SMILES string of the molecule is CC.CC(C)C(C)(C)CC(C)(C)C(C)C.CC(C)N1CCC(C(C)(C)CCO)CC1. The highest BCUT2D eigenvalue weighted by Gasteiger charge is 2.33. The molecule has 1 saturated heterocycles. The molecular formula is C28H61NO. The molecule has 1 fully saturated rings. The molecule has 30 heavy (non-hydrogen) atoms. The van der Waals surface area contributed by atoms with Gasteiger partial charge < -0.3 is 10.0 Å². The first-order valence-electron chi connectivity index (χ1n) is 12.9. The van der Waals surface area contributed by atoms with Crippen LogP contribution in [-0.4, -0.2) is 35.7 Å². The normalized spacial score (nSPS) is 17.0. The second-order valence-electron chi connectivity index (χ2n) is 12.3. The Morgan fingerprint density at radius 3 is 1.40 bits per heavy atom. The fraction of sp³-hybridized carbons (Fsp3) is 1.00. The Kier molecular flexibility index (Phi) is 15.1. The van der Waals surface area contributed by atoms with Crippen LogP contribution in [0.25, 0.3) is 0 Å². The van der Waals surface area contributed by atoms with Crippen molar-refractivity contribution < 1.29 is 5.11 Å². The monoisotopic (exact) mass is 427 g/mol. The smallest absolute Gasteiger partial charge is 0.0436 e. The van der Waals surface area contributed by atoms with Gasteiger partial charge >= 0.3 is 0 Å². The lowest BCUT2D eigenvalue weighted by Gasteiger charge is -2.42. The van der Waals surface area contributed by atoms with Crippen LogP contribution in [0.2, 0.25) is 0 Å². The molecule has 1 aliphatic rings. The Morgan fingerprint density at radius 1 is 0.767 bits per heavy atom. The second-order valence-corrected chi connectivity index (χ2v) is 12.3. The molecule has 0 amide bonds. The fourth-order valence-corrected chi connectivity index (χ4v) is 4.27. The van der Waals surface area contributed by atoms with Crippen LogP contribution in [-0.2, 0) is 0 Å². The summed E-state index contributed by atoms with van der Waals surface area (Å²) in [4.78, 5) is 2.56. The zero-order chi connectivity index (χ0) is 24.3. The van der Waals surface area contributed by atoms with Gasteiger partial charge in [-0.3, -0.25) is 0 Å². The van der Waals surface area contributed by atoms with Crippen molar-refractivity contribution in [2.75, 3.05) is 19.7 Å². The van der Waals surface area contributed by atoms with Crippen molar-refractivity contribution in [2.45, 2.75) is 129 Å². The van der Waals surface area contributed by atoms with Crippen molar-refractivity contribution in [3.8, 4) is 0 Å². The van der Waals surface area contributed by atoms with E-state index < -0.39 is 0 Å². The van der Waals surface area contributed by atoms with E-state index in [9.17, 15) is 0 Å². The standard InChI is InChI=1S/C13H27NO.C13H28.C2H6/c1-11(2)14-8-5-12(6-9-14)13(3,4)7-10-15;1-10(2)12(5,6)9-13(7,8)11(3)4;1-2/h11-12,15H,5-10H2,1-4H3;10-11H,9H2,1-8H3;1-2H3. The quantitative estimate of drug-likeness (QED) is 0.421. The van der Waals surface area contributed by atoms with Crippen LogP contribution in [0.15, 0.2) is 0 Å². The zero-order valence-corrected chi connectivity index (χ0v) is 23.7. The predicted octanol–water partition coefficient (Wildman–Crippen LogP) is 8.28. The first kappa shape index (κ1) is 32.1.